The number of fused-ring (bicyclic) bond motifs is 1. The van der Waals surface area contributed by atoms with E-state index in [4.69, 9.17) is 4.43 Å². The summed E-state index contributed by atoms with van der Waals surface area (Å²) in [5.74, 6) is 0.438. The Kier molecular flexibility index (Phi) is 8.38. The molecule has 1 unspecified atom stereocenters. The summed E-state index contributed by atoms with van der Waals surface area (Å²) in [5, 5.41) is 0. The molecule has 3 heteroatoms. The van der Waals surface area contributed by atoms with Crippen molar-refractivity contribution in [1.82, 2.24) is 0 Å². The van der Waals surface area contributed by atoms with E-state index >= 15 is 0 Å². The van der Waals surface area contributed by atoms with Crippen molar-refractivity contribution in [3.8, 4) is 0 Å². The maximum Gasteiger partial charge on any atom is 2.00 e. The van der Waals surface area contributed by atoms with Crippen molar-refractivity contribution in [3.63, 3.8) is 0 Å². The van der Waals surface area contributed by atoms with Gasteiger partial charge >= 0.3 is 26.2 Å². The van der Waals surface area contributed by atoms with E-state index < -0.39 is 8.32 Å². The maximum absolute atomic E-state index is 5.89. The van der Waals surface area contributed by atoms with Crippen LogP contribution in [0, 0.1) is 6.08 Å². The van der Waals surface area contributed by atoms with Crippen LogP contribution < -0.4 is 0 Å². The Morgan fingerprint density at radius 3 is 2.36 bits per heavy atom. The Bertz CT molecular complexity index is 538. The van der Waals surface area contributed by atoms with Gasteiger partial charge in [-0.3, -0.25) is 6.08 Å². The van der Waals surface area contributed by atoms with Gasteiger partial charge in [0.25, 0.3) is 0 Å². The molecule has 0 fully saturated rings. The topological polar surface area (TPSA) is 9.23 Å². The molecule has 1 aliphatic rings. The molecule has 0 saturated carbocycles. The fourth-order valence-electron chi connectivity index (χ4n) is 2.28. The van der Waals surface area contributed by atoms with Crippen LogP contribution in [0.3, 0.4) is 0 Å². The molecule has 1 atom stereocenters. The van der Waals surface area contributed by atoms with Crippen LogP contribution in [0.25, 0.3) is 6.08 Å². The summed E-state index contributed by atoms with van der Waals surface area (Å²) >= 11 is 0. The third kappa shape index (κ3) is 6.64. The Morgan fingerprint density at radius 1 is 1.09 bits per heavy atom. The summed E-state index contributed by atoms with van der Waals surface area (Å²) < 4.78 is 5.89. The Hall–Kier alpha value is -0.630. The zero-order valence-corrected chi connectivity index (χ0v) is 17.1. The maximum atomic E-state index is 5.89. The molecule has 0 N–H and O–H groups in total. The largest absolute Gasteiger partial charge is 2.00 e. The van der Waals surface area contributed by atoms with Gasteiger partial charge in [-0.1, -0.05) is 24.1 Å². The standard InChI is InChI=1S/C14H19OSi.C5H5.Zr/c1-16(2,3)15-11-10-13-9-8-12-6-4-5-7-14(12)13;1-2-4-5-3-1;/h4-8,13H,10-11H2,1-3H3;1-5H;/q2*-1;+2. The van der Waals surface area contributed by atoms with Gasteiger partial charge in [-0.2, -0.15) is 23.8 Å². The first-order valence-corrected chi connectivity index (χ1v) is 11.0. The third-order valence-corrected chi connectivity index (χ3v) is 4.38. The molecule has 0 aliphatic heterocycles. The van der Waals surface area contributed by atoms with Crippen LogP contribution in [0.2, 0.25) is 19.6 Å². The van der Waals surface area contributed by atoms with Crippen molar-refractivity contribution in [1.29, 1.82) is 0 Å². The molecule has 1 aliphatic carbocycles. The van der Waals surface area contributed by atoms with Crippen molar-refractivity contribution >= 4 is 14.4 Å². The van der Waals surface area contributed by atoms with Gasteiger partial charge in [0.2, 0.25) is 0 Å². The van der Waals surface area contributed by atoms with Gasteiger partial charge in [-0.25, -0.2) is 18.2 Å². The minimum atomic E-state index is -1.36. The van der Waals surface area contributed by atoms with Gasteiger partial charge < -0.3 is 4.43 Å². The van der Waals surface area contributed by atoms with Gasteiger partial charge in [0.15, 0.2) is 8.32 Å². The SMILES string of the molecule is C[Si](C)(C)OCCC1[C-]=Cc2ccccc21.[Zr+2].c1cc[cH-]c1. The molecule has 0 spiro atoms. The molecule has 0 heterocycles. The molecule has 22 heavy (non-hydrogen) atoms. The van der Waals surface area contributed by atoms with Gasteiger partial charge in [-0.15, -0.1) is 11.6 Å². The van der Waals surface area contributed by atoms with Gasteiger partial charge in [0.1, 0.15) is 0 Å². The van der Waals surface area contributed by atoms with Crippen LogP contribution in [0.4, 0.5) is 0 Å². The second-order valence-electron chi connectivity index (χ2n) is 6.20. The number of hydrogen-bond acceptors (Lipinski definition) is 1. The third-order valence-electron chi connectivity index (χ3n) is 3.31. The molecule has 0 aromatic heterocycles. The Balaban J connectivity index is 0.000000344. The smallest absolute Gasteiger partial charge is 0.418 e. The molecule has 3 rings (SSSR count). The molecule has 0 amide bonds. The van der Waals surface area contributed by atoms with Crippen molar-refractivity contribution in [3.05, 3.63) is 71.8 Å². The normalized spacial score (nSPS) is 15.5. The predicted octanol–water partition coefficient (Wildman–Crippen LogP) is 5.24. The molecule has 0 saturated heterocycles. The predicted molar refractivity (Wildman–Crippen MR) is 92.8 cm³/mol. The molecule has 2 aromatic carbocycles. The monoisotopic (exact) mass is 386 g/mol. The van der Waals surface area contributed by atoms with E-state index in [-0.39, 0.29) is 26.2 Å². The molecule has 114 valence electrons. The number of hydrogen-bond donors (Lipinski definition) is 0. The Labute approximate surface area is 155 Å². The van der Waals surface area contributed by atoms with E-state index in [1.165, 1.54) is 11.1 Å². The van der Waals surface area contributed by atoms with Crippen molar-refractivity contribution in [2.75, 3.05) is 6.61 Å². The van der Waals surface area contributed by atoms with Crippen LogP contribution in [0.1, 0.15) is 23.5 Å². The summed E-state index contributed by atoms with van der Waals surface area (Å²) in [4.78, 5) is 0. The fraction of sp³-hybridized carbons (Fsp3) is 0.316. The average Bonchev–Trinajstić information content (AvgIpc) is 3.10. The van der Waals surface area contributed by atoms with E-state index in [1.807, 2.05) is 30.3 Å². The van der Waals surface area contributed by atoms with Crippen LogP contribution in [-0.4, -0.2) is 14.9 Å². The minimum absolute atomic E-state index is 0. The first-order chi connectivity index (χ1) is 10.1. The molecular formula is C19H24OSiZr. The van der Waals surface area contributed by atoms with Gasteiger partial charge in [0.05, 0.1) is 0 Å². The molecule has 2 aromatic rings. The van der Waals surface area contributed by atoms with Crippen LogP contribution in [0.5, 0.6) is 0 Å². The summed E-state index contributed by atoms with van der Waals surface area (Å²) in [6.45, 7) is 7.55. The summed E-state index contributed by atoms with van der Waals surface area (Å²) in [5.41, 5.74) is 2.72. The van der Waals surface area contributed by atoms with Crippen LogP contribution in [-0.2, 0) is 30.6 Å². The second-order valence-corrected chi connectivity index (χ2v) is 10.7. The Morgan fingerprint density at radius 2 is 1.77 bits per heavy atom. The molecule has 1 nitrogen and oxygen atoms in total. The average molecular weight is 388 g/mol. The molecular weight excluding hydrogens is 364 g/mol. The van der Waals surface area contributed by atoms with Crippen molar-refractivity contribution in [2.45, 2.75) is 32.0 Å². The fourth-order valence-corrected chi connectivity index (χ4v) is 3.01. The number of benzene rings is 1. The van der Waals surface area contributed by atoms with Gasteiger partial charge in [-0.05, 0) is 26.1 Å². The van der Waals surface area contributed by atoms with E-state index in [0.29, 0.717) is 5.92 Å². The minimum Gasteiger partial charge on any atom is -0.418 e. The van der Waals surface area contributed by atoms with Gasteiger partial charge in [0, 0.05) is 6.61 Å². The quantitative estimate of drug-likeness (QED) is 0.514. The van der Waals surface area contributed by atoms with Crippen LogP contribution in [0.15, 0.2) is 54.6 Å². The van der Waals surface area contributed by atoms with Crippen LogP contribution >= 0.6 is 0 Å². The number of rotatable bonds is 4. The number of allylic oxidation sites excluding steroid dienone is 1. The first-order valence-electron chi connectivity index (χ1n) is 7.55. The zero-order valence-electron chi connectivity index (χ0n) is 13.7. The summed E-state index contributed by atoms with van der Waals surface area (Å²) in [7, 11) is -1.36. The van der Waals surface area contributed by atoms with Crippen molar-refractivity contribution < 1.29 is 30.6 Å². The first kappa shape index (κ1) is 19.4. The summed E-state index contributed by atoms with van der Waals surface area (Å²) in [6.07, 6.45) is 6.58. The second kappa shape index (κ2) is 9.50. The van der Waals surface area contributed by atoms with E-state index in [2.05, 4.69) is 56.1 Å². The van der Waals surface area contributed by atoms with Crippen molar-refractivity contribution in [2.24, 2.45) is 0 Å². The molecule has 0 bridgehead atoms. The zero-order chi connectivity index (χ0) is 15.1. The van der Waals surface area contributed by atoms with E-state index in [1.54, 1.807) is 0 Å². The van der Waals surface area contributed by atoms with E-state index in [0.717, 1.165) is 13.0 Å². The van der Waals surface area contributed by atoms with E-state index in [9.17, 15) is 0 Å². The molecule has 0 radical (unpaired) electrons. The summed E-state index contributed by atoms with van der Waals surface area (Å²) in [6, 6.07) is 18.5.